The molecule has 1 atom stereocenters. The lowest BCUT2D eigenvalue weighted by atomic mass is 10.2. The third-order valence-corrected chi connectivity index (χ3v) is 1.25. The van der Waals surface area contributed by atoms with Crippen LogP contribution in [0.4, 0.5) is 0 Å². The van der Waals surface area contributed by atoms with E-state index < -0.39 is 17.4 Å². The van der Waals surface area contributed by atoms with Gasteiger partial charge in [-0.2, -0.15) is 0 Å². The molecule has 0 rings (SSSR count). The van der Waals surface area contributed by atoms with Gasteiger partial charge in [0.05, 0.1) is 12.2 Å². The largest absolute Gasteiger partial charge is 0.466 e. The molecule has 5 heteroatoms. The van der Waals surface area contributed by atoms with Gasteiger partial charge in [0, 0.05) is 0 Å². The van der Waals surface area contributed by atoms with Gasteiger partial charge in [-0.25, -0.2) is 9.78 Å². The molecule has 0 aromatic carbocycles. The van der Waals surface area contributed by atoms with Crippen LogP contribution in [-0.4, -0.2) is 29.1 Å². The van der Waals surface area contributed by atoms with Crippen LogP contribution < -0.4 is 0 Å². The van der Waals surface area contributed by atoms with Crippen molar-refractivity contribution in [2.24, 2.45) is 0 Å². The van der Waals surface area contributed by atoms with Crippen molar-refractivity contribution >= 4 is 5.97 Å². The van der Waals surface area contributed by atoms with Gasteiger partial charge in [-0.1, -0.05) is 0 Å². The highest BCUT2D eigenvalue weighted by Gasteiger charge is 2.29. The minimum Gasteiger partial charge on any atom is -0.466 e. The smallest absolute Gasteiger partial charge is 0.311 e. The molecule has 0 spiro atoms. The minimum absolute atomic E-state index is 0.267. The van der Waals surface area contributed by atoms with E-state index in [4.69, 9.17) is 9.78 Å². The molecular formula is C10H20O5. The van der Waals surface area contributed by atoms with Gasteiger partial charge in [0.2, 0.25) is 5.79 Å². The summed E-state index contributed by atoms with van der Waals surface area (Å²) in [6.07, 6.45) is -0.267. The molecule has 0 bridgehead atoms. The Morgan fingerprint density at radius 1 is 1.20 bits per heavy atom. The van der Waals surface area contributed by atoms with Crippen molar-refractivity contribution in [1.29, 1.82) is 0 Å². The summed E-state index contributed by atoms with van der Waals surface area (Å²) in [5.41, 5.74) is -0.543. The van der Waals surface area contributed by atoms with E-state index in [-0.39, 0.29) is 13.0 Å². The summed E-state index contributed by atoms with van der Waals surface area (Å²) in [6.45, 7) is 8.62. The summed E-state index contributed by atoms with van der Waals surface area (Å²) in [4.78, 5) is 20.7. The van der Waals surface area contributed by atoms with Crippen molar-refractivity contribution in [2.45, 2.75) is 52.4 Å². The van der Waals surface area contributed by atoms with Gasteiger partial charge in [0.1, 0.15) is 6.42 Å². The molecule has 15 heavy (non-hydrogen) atoms. The van der Waals surface area contributed by atoms with Crippen molar-refractivity contribution in [1.82, 2.24) is 0 Å². The lowest BCUT2D eigenvalue weighted by Gasteiger charge is -2.26. The Hall–Kier alpha value is -0.650. The van der Waals surface area contributed by atoms with E-state index in [1.807, 2.05) is 0 Å². The molecule has 0 fully saturated rings. The predicted molar refractivity (Wildman–Crippen MR) is 53.8 cm³/mol. The van der Waals surface area contributed by atoms with E-state index >= 15 is 0 Å². The van der Waals surface area contributed by atoms with Crippen LogP contribution >= 0.6 is 0 Å². The zero-order valence-corrected chi connectivity index (χ0v) is 9.99. The number of carbonyl (C=O) groups excluding carboxylic acids is 1. The molecule has 0 aromatic rings. The van der Waals surface area contributed by atoms with Gasteiger partial charge >= 0.3 is 5.97 Å². The Bertz CT molecular complexity index is 204. The van der Waals surface area contributed by atoms with E-state index in [9.17, 15) is 9.90 Å². The predicted octanol–water partition coefficient (Wildman–Crippen LogP) is 1.39. The number of ether oxygens (including phenoxy) is 1. The second-order valence-corrected chi connectivity index (χ2v) is 4.44. The number of esters is 1. The molecule has 90 valence electrons. The summed E-state index contributed by atoms with van der Waals surface area (Å²) >= 11 is 0. The molecule has 0 aromatic heterocycles. The van der Waals surface area contributed by atoms with Gasteiger partial charge in [0.15, 0.2) is 0 Å². The van der Waals surface area contributed by atoms with Crippen molar-refractivity contribution in [3.8, 4) is 0 Å². The zero-order chi connectivity index (χ0) is 12.1. The molecule has 5 nitrogen and oxygen atoms in total. The SMILES string of the molecule is CCOC(=O)CC(C)(O)OOC(C)(C)C. The van der Waals surface area contributed by atoms with Gasteiger partial charge in [-0.15, -0.1) is 0 Å². The molecule has 0 aliphatic carbocycles. The zero-order valence-electron chi connectivity index (χ0n) is 9.99. The Kier molecular flexibility index (Phi) is 5.20. The first-order valence-electron chi connectivity index (χ1n) is 4.91. The third-order valence-electron chi connectivity index (χ3n) is 1.25. The molecule has 1 N–H and O–H groups in total. The number of hydrogen-bond donors (Lipinski definition) is 1. The number of carbonyl (C=O) groups is 1. The molecular weight excluding hydrogens is 200 g/mol. The van der Waals surface area contributed by atoms with Crippen LogP contribution in [-0.2, 0) is 19.3 Å². The number of aliphatic hydroxyl groups is 1. The van der Waals surface area contributed by atoms with Gasteiger partial charge < -0.3 is 9.84 Å². The first kappa shape index (κ1) is 14.3. The van der Waals surface area contributed by atoms with E-state index in [1.54, 1.807) is 27.7 Å². The van der Waals surface area contributed by atoms with Crippen LogP contribution in [0.5, 0.6) is 0 Å². The minimum atomic E-state index is -1.67. The van der Waals surface area contributed by atoms with Crippen molar-refractivity contribution in [3.05, 3.63) is 0 Å². The first-order valence-corrected chi connectivity index (χ1v) is 4.91. The average Bonchev–Trinajstić information content (AvgIpc) is 1.99. The van der Waals surface area contributed by atoms with Crippen LogP contribution in [0.1, 0.15) is 41.0 Å². The normalized spacial score (nSPS) is 15.9. The summed E-state index contributed by atoms with van der Waals surface area (Å²) in [5, 5.41) is 9.63. The summed E-state index contributed by atoms with van der Waals surface area (Å²) in [7, 11) is 0. The van der Waals surface area contributed by atoms with Crippen LogP contribution in [0.3, 0.4) is 0 Å². The molecule has 0 aliphatic rings. The Morgan fingerprint density at radius 3 is 2.13 bits per heavy atom. The second-order valence-electron chi connectivity index (χ2n) is 4.44. The lowest BCUT2D eigenvalue weighted by Crippen LogP contribution is -2.35. The maximum absolute atomic E-state index is 11.1. The topological polar surface area (TPSA) is 65.0 Å². The van der Waals surface area contributed by atoms with Crippen LogP contribution in [0.25, 0.3) is 0 Å². The Morgan fingerprint density at radius 2 is 1.73 bits per heavy atom. The van der Waals surface area contributed by atoms with E-state index in [0.717, 1.165) is 0 Å². The maximum Gasteiger partial charge on any atom is 0.311 e. The van der Waals surface area contributed by atoms with E-state index in [2.05, 4.69) is 4.74 Å². The fourth-order valence-electron chi connectivity index (χ4n) is 0.724. The first-order chi connectivity index (χ1) is 6.66. The molecule has 1 unspecified atom stereocenters. The third kappa shape index (κ3) is 8.35. The summed E-state index contributed by atoms with van der Waals surface area (Å²) in [6, 6.07) is 0. The van der Waals surface area contributed by atoms with Gasteiger partial charge in [0.25, 0.3) is 0 Å². The maximum atomic E-state index is 11.1. The molecule has 0 amide bonds. The Balaban J connectivity index is 4.02. The van der Waals surface area contributed by atoms with E-state index in [0.29, 0.717) is 0 Å². The summed E-state index contributed by atoms with van der Waals surface area (Å²) in [5.74, 6) is -2.19. The molecule has 0 aliphatic heterocycles. The van der Waals surface area contributed by atoms with Crippen molar-refractivity contribution < 1.29 is 24.4 Å². The molecule has 0 saturated carbocycles. The summed E-state index contributed by atoms with van der Waals surface area (Å²) < 4.78 is 4.68. The standard InChI is InChI=1S/C10H20O5/c1-6-13-8(11)7-10(5,12)15-14-9(2,3)4/h12H,6-7H2,1-5H3. The van der Waals surface area contributed by atoms with Gasteiger partial charge in [-0.05, 0) is 34.6 Å². The van der Waals surface area contributed by atoms with Gasteiger partial charge in [-0.3, -0.25) is 4.79 Å². The highest BCUT2D eigenvalue weighted by atomic mass is 17.2. The molecule has 0 saturated heterocycles. The second kappa shape index (κ2) is 5.44. The number of rotatable bonds is 5. The average molecular weight is 220 g/mol. The van der Waals surface area contributed by atoms with E-state index in [1.165, 1.54) is 6.92 Å². The highest BCUT2D eigenvalue weighted by molar-refractivity contribution is 5.70. The van der Waals surface area contributed by atoms with Crippen molar-refractivity contribution in [2.75, 3.05) is 6.61 Å². The quantitative estimate of drug-likeness (QED) is 0.328. The fourth-order valence-corrected chi connectivity index (χ4v) is 0.724. The molecule has 0 radical (unpaired) electrons. The van der Waals surface area contributed by atoms with Crippen LogP contribution in [0.2, 0.25) is 0 Å². The molecule has 0 heterocycles. The van der Waals surface area contributed by atoms with Crippen LogP contribution in [0, 0.1) is 0 Å². The number of hydrogen-bond acceptors (Lipinski definition) is 5. The fraction of sp³-hybridized carbons (Fsp3) is 0.900. The Labute approximate surface area is 90.2 Å². The monoisotopic (exact) mass is 220 g/mol. The van der Waals surface area contributed by atoms with Crippen molar-refractivity contribution in [3.63, 3.8) is 0 Å². The lowest BCUT2D eigenvalue weighted by molar-refractivity contribution is -0.446. The van der Waals surface area contributed by atoms with Crippen LogP contribution in [0.15, 0.2) is 0 Å². The highest BCUT2D eigenvalue weighted by Crippen LogP contribution is 2.17.